The lowest BCUT2D eigenvalue weighted by molar-refractivity contribution is -0.149. The normalized spacial score (nSPS) is 19.2. The number of amides is 2. The van der Waals surface area contributed by atoms with E-state index in [0.717, 1.165) is 0 Å². The molecular formula is C10H15NO2. The molecule has 0 fully saturated rings. The molecule has 2 amide bonds. The molecule has 0 radical (unpaired) electrons. The smallest absolute Gasteiger partial charge is 0.233 e. The summed E-state index contributed by atoms with van der Waals surface area (Å²) in [6.45, 7) is 5.61. The second kappa shape index (κ2) is 3.32. The first-order valence-electron chi connectivity index (χ1n) is 4.44. The van der Waals surface area contributed by atoms with Gasteiger partial charge in [0.25, 0.3) is 0 Å². The van der Waals surface area contributed by atoms with Gasteiger partial charge in [0.2, 0.25) is 11.8 Å². The van der Waals surface area contributed by atoms with Gasteiger partial charge in [0, 0.05) is 18.4 Å². The van der Waals surface area contributed by atoms with Crippen LogP contribution in [-0.4, -0.2) is 22.3 Å². The van der Waals surface area contributed by atoms with Crippen molar-refractivity contribution in [3.63, 3.8) is 0 Å². The van der Waals surface area contributed by atoms with Gasteiger partial charge in [0.05, 0.1) is 0 Å². The van der Waals surface area contributed by atoms with E-state index in [2.05, 4.69) is 0 Å². The van der Waals surface area contributed by atoms with Crippen LogP contribution >= 0.6 is 0 Å². The van der Waals surface area contributed by atoms with Gasteiger partial charge in [-0.25, -0.2) is 0 Å². The van der Waals surface area contributed by atoms with Crippen molar-refractivity contribution >= 4 is 11.8 Å². The fraction of sp³-hybridized carbons (Fsp3) is 0.600. The molecule has 1 rings (SSSR count). The quantitative estimate of drug-likeness (QED) is 0.419. The highest BCUT2D eigenvalue weighted by atomic mass is 16.2. The zero-order valence-electron chi connectivity index (χ0n) is 8.33. The van der Waals surface area contributed by atoms with Gasteiger partial charge in [0.1, 0.15) is 0 Å². The van der Waals surface area contributed by atoms with Gasteiger partial charge in [-0.15, -0.1) is 0 Å². The molecule has 0 aromatic carbocycles. The molecule has 13 heavy (non-hydrogen) atoms. The Kier molecular flexibility index (Phi) is 2.55. The number of nitrogens with zero attached hydrogens (tertiary/aromatic N) is 1. The monoisotopic (exact) mass is 181 g/mol. The van der Waals surface area contributed by atoms with E-state index in [9.17, 15) is 9.59 Å². The first-order chi connectivity index (χ1) is 5.93. The van der Waals surface area contributed by atoms with Crippen molar-refractivity contribution < 1.29 is 9.59 Å². The maximum absolute atomic E-state index is 11.5. The first-order valence-corrected chi connectivity index (χ1v) is 4.44. The van der Waals surface area contributed by atoms with Gasteiger partial charge in [-0.1, -0.05) is 12.2 Å². The molecule has 72 valence electrons. The highest BCUT2D eigenvalue weighted by Crippen LogP contribution is 2.18. The van der Waals surface area contributed by atoms with Crippen LogP contribution in [0.25, 0.3) is 0 Å². The maximum atomic E-state index is 11.5. The van der Waals surface area contributed by atoms with E-state index in [4.69, 9.17) is 0 Å². The van der Waals surface area contributed by atoms with Crippen LogP contribution in [0, 0.1) is 0 Å². The second-order valence-corrected chi connectivity index (χ2v) is 4.17. The van der Waals surface area contributed by atoms with Crippen molar-refractivity contribution in [1.29, 1.82) is 0 Å². The summed E-state index contributed by atoms with van der Waals surface area (Å²) in [5.41, 5.74) is -0.403. The van der Waals surface area contributed by atoms with Gasteiger partial charge in [-0.2, -0.15) is 0 Å². The fourth-order valence-electron chi connectivity index (χ4n) is 1.44. The predicted octanol–water partition coefficient (Wildman–Crippen LogP) is 1.49. The number of rotatable bonds is 0. The minimum atomic E-state index is -0.403. The third-order valence-electron chi connectivity index (χ3n) is 1.92. The third-order valence-corrected chi connectivity index (χ3v) is 1.92. The Morgan fingerprint density at radius 3 is 1.77 bits per heavy atom. The fourth-order valence-corrected chi connectivity index (χ4v) is 1.44. The van der Waals surface area contributed by atoms with E-state index in [0.29, 0.717) is 12.8 Å². The molecule has 0 saturated heterocycles. The lowest BCUT2D eigenvalue weighted by Crippen LogP contribution is -2.48. The minimum Gasteiger partial charge on any atom is -0.277 e. The van der Waals surface area contributed by atoms with Gasteiger partial charge >= 0.3 is 0 Å². The average Bonchev–Trinajstić information content (AvgIpc) is 2.09. The predicted molar refractivity (Wildman–Crippen MR) is 50.0 cm³/mol. The Hall–Kier alpha value is -1.12. The van der Waals surface area contributed by atoms with Crippen LogP contribution in [0.15, 0.2) is 12.2 Å². The second-order valence-electron chi connectivity index (χ2n) is 4.17. The molecule has 0 bridgehead atoms. The van der Waals surface area contributed by atoms with E-state index in [1.165, 1.54) is 4.90 Å². The summed E-state index contributed by atoms with van der Waals surface area (Å²) < 4.78 is 0. The van der Waals surface area contributed by atoms with Crippen LogP contribution in [0.2, 0.25) is 0 Å². The molecule has 0 spiro atoms. The number of hydrogen-bond acceptors (Lipinski definition) is 2. The van der Waals surface area contributed by atoms with E-state index < -0.39 is 5.54 Å². The van der Waals surface area contributed by atoms with E-state index in [1.807, 2.05) is 20.8 Å². The van der Waals surface area contributed by atoms with E-state index in [1.54, 1.807) is 12.2 Å². The van der Waals surface area contributed by atoms with Crippen LogP contribution in [0.5, 0.6) is 0 Å². The van der Waals surface area contributed by atoms with Crippen LogP contribution in [0.4, 0.5) is 0 Å². The standard InChI is InChI=1S/C10H15NO2/c1-10(2,3)11-8(12)6-4-5-7-9(11)13/h4-5H,6-7H2,1-3H3. The lowest BCUT2D eigenvalue weighted by atomic mass is 10.1. The minimum absolute atomic E-state index is 0.105. The SMILES string of the molecule is CC(C)(C)N1C(=O)CC=CCC1=O. The average molecular weight is 181 g/mol. The Morgan fingerprint density at radius 2 is 1.46 bits per heavy atom. The van der Waals surface area contributed by atoms with Crippen LogP contribution in [0.3, 0.4) is 0 Å². The molecule has 0 aromatic heterocycles. The zero-order chi connectivity index (χ0) is 10.1. The Labute approximate surface area is 78.4 Å². The number of carbonyl (C=O) groups excluding carboxylic acids is 2. The van der Waals surface area contributed by atoms with Crippen molar-refractivity contribution in [3.8, 4) is 0 Å². The highest BCUT2D eigenvalue weighted by molar-refractivity contribution is 5.98. The van der Waals surface area contributed by atoms with Crippen LogP contribution < -0.4 is 0 Å². The summed E-state index contributed by atoms with van der Waals surface area (Å²) in [7, 11) is 0. The zero-order valence-corrected chi connectivity index (χ0v) is 8.33. The van der Waals surface area contributed by atoms with Crippen molar-refractivity contribution in [2.24, 2.45) is 0 Å². The summed E-state index contributed by atoms with van der Waals surface area (Å²) in [5.74, 6) is -0.211. The van der Waals surface area contributed by atoms with Crippen molar-refractivity contribution in [1.82, 2.24) is 4.90 Å². The summed E-state index contributed by atoms with van der Waals surface area (Å²) in [4.78, 5) is 24.4. The summed E-state index contributed by atoms with van der Waals surface area (Å²) in [6.07, 6.45) is 4.18. The largest absolute Gasteiger partial charge is 0.277 e. The molecule has 0 unspecified atom stereocenters. The number of imide groups is 1. The molecule has 1 aliphatic heterocycles. The maximum Gasteiger partial charge on any atom is 0.233 e. The topological polar surface area (TPSA) is 37.4 Å². The molecule has 1 aliphatic rings. The highest BCUT2D eigenvalue weighted by Gasteiger charge is 2.31. The molecule has 0 aliphatic carbocycles. The van der Waals surface area contributed by atoms with Crippen molar-refractivity contribution in [3.05, 3.63) is 12.2 Å². The van der Waals surface area contributed by atoms with Gasteiger partial charge < -0.3 is 0 Å². The van der Waals surface area contributed by atoms with E-state index in [-0.39, 0.29) is 11.8 Å². The van der Waals surface area contributed by atoms with Crippen molar-refractivity contribution in [2.45, 2.75) is 39.2 Å². The summed E-state index contributed by atoms with van der Waals surface area (Å²) in [6, 6.07) is 0. The molecule has 3 heteroatoms. The van der Waals surface area contributed by atoms with Crippen molar-refractivity contribution in [2.75, 3.05) is 0 Å². The number of hydrogen-bond donors (Lipinski definition) is 0. The molecule has 0 aromatic rings. The molecule has 0 atom stereocenters. The third kappa shape index (κ3) is 2.17. The van der Waals surface area contributed by atoms with Crippen LogP contribution in [-0.2, 0) is 9.59 Å². The summed E-state index contributed by atoms with van der Waals surface area (Å²) >= 11 is 0. The number of carbonyl (C=O) groups is 2. The molecule has 0 N–H and O–H groups in total. The van der Waals surface area contributed by atoms with E-state index >= 15 is 0 Å². The Balaban J connectivity index is 2.93. The summed E-state index contributed by atoms with van der Waals surface area (Å²) in [5, 5.41) is 0. The van der Waals surface area contributed by atoms with Gasteiger partial charge in [0.15, 0.2) is 0 Å². The Morgan fingerprint density at radius 1 is 1.08 bits per heavy atom. The first kappa shape index (κ1) is 9.96. The Bertz CT molecular complexity index is 241. The molecule has 0 saturated carbocycles. The molecule has 1 heterocycles. The van der Waals surface area contributed by atoms with Gasteiger partial charge in [-0.3, -0.25) is 14.5 Å². The van der Waals surface area contributed by atoms with Crippen LogP contribution in [0.1, 0.15) is 33.6 Å². The molecular weight excluding hydrogens is 166 g/mol. The molecule has 3 nitrogen and oxygen atoms in total. The van der Waals surface area contributed by atoms with Gasteiger partial charge in [-0.05, 0) is 20.8 Å². The lowest BCUT2D eigenvalue weighted by Gasteiger charge is -2.32.